The molecule has 1 unspecified atom stereocenters. The molecule has 1 saturated heterocycles. The largest absolute Gasteiger partial charge is 0.343 e. The number of hydrogen-bond donors (Lipinski definition) is 1. The van der Waals surface area contributed by atoms with Crippen molar-refractivity contribution in [1.29, 1.82) is 0 Å². The number of likely N-dealkylation sites (tertiary alicyclic amines) is 1. The molecule has 41 heavy (non-hydrogen) atoms. The first-order valence-corrected chi connectivity index (χ1v) is 15.5. The Morgan fingerprint density at radius 1 is 1.05 bits per heavy atom. The van der Waals surface area contributed by atoms with Crippen molar-refractivity contribution in [3.8, 4) is 0 Å². The molecule has 12 heteroatoms. The molecule has 3 aliphatic rings. The van der Waals surface area contributed by atoms with E-state index >= 15 is 0 Å². The van der Waals surface area contributed by atoms with Crippen molar-refractivity contribution in [1.82, 2.24) is 9.88 Å². The van der Waals surface area contributed by atoms with E-state index in [4.69, 9.17) is 23.2 Å². The van der Waals surface area contributed by atoms with E-state index in [-0.39, 0.29) is 27.6 Å². The van der Waals surface area contributed by atoms with Gasteiger partial charge in [-0.05, 0) is 85.7 Å². The van der Waals surface area contributed by atoms with Crippen molar-refractivity contribution < 1.29 is 22.4 Å². The number of halogens is 3. The van der Waals surface area contributed by atoms with Crippen LogP contribution < -0.4 is 9.62 Å². The summed E-state index contributed by atoms with van der Waals surface area (Å²) in [5.41, 5.74) is 1.23. The quantitative estimate of drug-likeness (QED) is 0.374. The van der Waals surface area contributed by atoms with Gasteiger partial charge in [-0.25, -0.2) is 17.8 Å². The third kappa shape index (κ3) is 4.85. The van der Waals surface area contributed by atoms with E-state index in [2.05, 4.69) is 10.3 Å². The molecule has 1 spiro atoms. The van der Waals surface area contributed by atoms with Gasteiger partial charge in [0.1, 0.15) is 5.82 Å². The second kappa shape index (κ2) is 10.3. The highest BCUT2D eigenvalue weighted by atomic mass is 35.5. The highest BCUT2D eigenvalue weighted by molar-refractivity contribution is 7.92. The van der Waals surface area contributed by atoms with Gasteiger partial charge in [0.25, 0.3) is 15.9 Å². The Labute approximate surface area is 247 Å². The van der Waals surface area contributed by atoms with E-state index in [1.165, 1.54) is 35.6 Å². The van der Waals surface area contributed by atoms with Crippen molar-refractivity contribution in [3.05, 3.63) is 81.8 Å². The van der Waals surface area contributed by atoms with E-state index in [9.17, 15) is 22.4 Å². The molecule has 3 aromatic rings. The van der Waals surface area contributed by atoms with Gasteiger partial charge in [-0.2, -0.15) is 0 Å². The fourth-order valence-corrected chi connectivity index (χ4v) is 8.45. The van der Waals surface area contributed by atoms with Gasteiger partial charge in [0.05, 0.1) is 27.3 Å². The van der Waals surface area contributed by atoms with Crippen LogP contribution in [0.5, 0.6) is 0 Å². The molecule has 2 aliphatic heterocycles. The lowest BCUT2D eigenvalue weighted by Crippen LogP contribution is -2.54. The molecule has 3 heterocycles. The van der Waals surface area contributed by atoms with Crippen LogP contribution in [0.1, 0.15) is 48.5 Å². The van der Waals surface area contributed by atoms with E-state index in [1.54, 1.807) is 23.1 Å². The third-order valence-electron chi connectivity index (χ3n) is 8.45. The summed E-state index contributed by atoms with van der Waals surface area (Å²) in [6.07, 6.45) is 4.22. The zero-order chi connectivity index (χ0) is 29.1. The molecular weight excluding hydrogens is 590 g/mol. The predicted molar refractivity (Wildman–Crippen MR) is 154 cm³/mol. The first kappa shape index (κ1) is 27.9. The Morgan fingerprint density at radius 2 is 1.73 bits per heavy atom. The van der Waals surface area contributed by atoms with Gasteiger partial charge in [-0.1, -0.05) is 23.2 Å². The number of pyridine rings is 1. The summed E-state index contributed by atoms with van der Waals surface area (Å²) in [6.45, 7) is 2.48. The fraction of sp³-hybridized carbons (Fsp3) is 0.345. The maximum Gasteiger partial charge on any atom is 0.264 e. The Bertz CT molecular complexity index is 1660. The van der Waals surface area contributed by atoms with Gasteiger partial charge in [0, 0.05) is 37.2 Å². The number of anilines is 2. The molecule has 214 valence electrons. The minimum Gasteiger partial charge on any atom is -0.343 e. The lowest BCUT2D eigenvalue weighted by molar-refractivity contribution is -0.130. The second-order valence-corrected chi connectivity index (χ2v) is 13.5. The van der Waals surface area contributed by atoms with Gasteiger partial charge >= 0.3 is 0 Å². The molecule has 2 aromatic carbocycles. The van der Waals surface area contributed by atoms with E-state index < -0.39 is 33.2 Å². The molecular formula is C29H27Cl2FN4O4S. The molecule has 1 N–H and O–H groups in total. The number of carbonyl (C=O) groups is 2. The van der Waals surface area contributed by atoms with Crippen LogP contribution in [0.15, 0.2) is 59.6 Å². The first-order chi connectivity index (χ1) is 19.5. The van der Waals surface area contributed by atoms with Gasteiger partial charge in [-0.3, -0.25) is 13.9 Å². The number of hydrogen-bond acceptors (Lipinski definition) is 5. The molecule has 0 bridgehead atoms. The highest BCUT2D eigenvalue weighted by Gasteiger charge is 2.60. The van der Waals surface area contributed by atoms with Gasteiger partial charge in [-0.15, -0.1) is 0 Å². The predicted octanol–water partition coefficient (Wildman–Crippen LogP) is 5.65. The second-order valence-electron chi connectivity index (χ2n) is 10.9. The van der Waals surface area contributed by atoms with E-state index in [1.807, 2.05) is 0 Å². The molecule has 6 rings (SSSR count). The van der Waals surface area contributed by atoms with Crippen LogP contribution in [0.2, 0.25) is 10.2 Å². The van der Waals surface area contributed by atoms with Crippen LogP contribution in [0, 0.1) is 11.7 Å². The van der Waals surface area contributed by atoms with Crippen LogP contribution >= 0.6 is 23.2 Å². The topological polar surface area (TPSA) is 99.7 Å². The normalized spacial score (nSPS) is 19.8. The molecule has 8 nitrogen and oxygen atoms in total. The zero-order valence-electron chi connectivity index (χ0n) is 22.1. The number of amides is 2. The van der Waals surface area contributed by atoms with E-state index in [0.29, 0.717) is 42.2 Å². The fourth-order valence-electron chi connectivity index (χ4n) is 6.35. The van der Waals surface area contributed by atoms with Crippen LogP contribution in [-0.2, 0) is 20.2 Å². The van der Waals surface area contributed by atoms with Gasteiger partial charge in [0.2, 0.25) is 5.91 Å². The number of piperidine rings is 1. The molecule has 2 amide bonds. The number of nitrogens with one attached hydrogen (secondary N) is 1. The summed E-state index contributed by atoms with van der Waals surface area (Å²) in [6, 6.07) is 11.0. The zero-order valence-corrected chi connectivity index (χ0v) is 24.4. The van der Waals surface area contributed by atoms with Crippen molar-refractivity contribution in [3.63, 3.8) is 0 Å². The molecule has 0 radical (unpaired) electrons. The lowest BCUT2D eigenvalue weighted by atomic mass is 9.68. The number of carbonyl (C=O) groups excluding carboxylic acids is 2. The molecule has 1 aromatic heterocycles. The molecule has 1 saturated carbocycles. The highest BCUT2D eigenvalue weighted by Crippen LogP contribution is 2.59. The Morgan fingerprint density at radius 3 is 2.37 bits per heavy atom. The summed E-state index contributed by atoms with van der Waals surface area (Å²) in [4.78, 5) is 31.3. The Hall–Kier alpha value is -3.21. The number of aromatic nitrogens is 1. The van der Waals surface area contributed by atoms with Crippen molar-refractivity contribution >= 4 is 56.4 Å². The molecule has 1 atom stereocenters. The number of nitrogens with zero attached hydrogens (tertiary/aromatic N) is 3. The SMILES string of the molecule is CC(=O)N1CCC2(CC1)c1cc(C(=O)Nc3cc(Cl)cnc3Cl)ccc1N(S(=O)(=O)c1ccc(F)cc1)C2C1CC1. The number of sulfonamides is 1. The van der Waals surface area contributed by atoms with Crippen molar-refractivity contribution in [2.45, 2.75) is 49.0 Å². The summed E-state index contributed by atoms with van der Waals surface area (Å²) >= 11 is 12.2. The smallest absolute Gasteiger partial charge is 0.264 e. The summed E-state index contributed by atoms with van der Waals surface area (Å²) < 4.78 is 43.6. The third-order valence-corrected chi connectivity index (χ3v) is 10.8. The van der Waals surface area contributed by atoms with Crippen LogP contribution in [0.4, 0.5) is 15.8 Å². The van der Waals surface area contributed by atoms with Gasteiger partial charge in [0.15, 0.2) is 5.15 Å². The maximum absolute atomic E-state index is 14.2. The van der Waals surface area contributed by atoms with Crippen molar-refractivity contribution in [2.75, 3.05) is 22.7 Å². The van der Waals surface area contributed by atoms with Crippen LogP contribution in [0.3, 0.4) is 0 Å². The lowest BCUT2D eigenvalue weighted by Gasteiger charge is -2.45. The minimum atomic E-state index is -4.08. The average Bonchev–Trinajstić information content (AvgIpc) is 3.75. The number of fused-ring (bicyclic) bond motifs is 2. The molecule has 1 aliphatic carbocycles. The van der Waals surface area contributed by atoms with Gasteiger partial charge < -0.3 is 10.2 Å². The molecule has 2 fully saturated rings. The Kier molecular flexibility index (Phi) is 6.99. The minimum absolute atomic E-state index is 0.00126. The number of rotatable bonds is 5. The standard InChI is InChI=1S/C29H27Cl2FN4O4S/c1-17(37)35-12-10-29(11-13-35)23-14-19(28(38)34-24-15-20(30)16-33-27(24)31)4-9-25(23)36(26(29)18-2-3-18)41(39,40)22-7-5-21(32)6-8-22/h4-9,14-16,18,26H,2-3,10-13H2,1H3,(H,34,38). The van der Waals surface area contributed by atoms with Crippen LogP contribution in [-0.4, -0.2) is 49.2 Å². The average molecular weight is 618 g/mol. The Balaban J connectivity index is 1.46. The van der Waals surface area contributed by atoms with Crippen LogP contribution in [0.25, 0.3) is 0 Å². The van der Waals surface area contributed by atoms with E-state index in [0.717, 1.165) is 30.5 Å². The van der Waals surface area contributed by atoms with Crippen molar-refractivity contribution in [2.24, 2.45) is 5.92 Å². The first-order valence-electron chi connectivity index (χ1n) is 13.3. The maximum atomic E-state index is 14.2. The summed E-state index contributed by atoms with van der Waals surface area (Å²) in [5.74, 6) is -0.881. The monoisotopic (exact) mass is 616 g/mol. The summed E-state index contributed by atoms with van der Waals surface area (Å²) in [7, 11) is -4.08. The number of benzene rings is 2. The summed E-state index contributed by atoms with van der Waals surface area (Å²) in [5, 5.41) is 3.15.